The lowest BCUT2D eigenvalue weighted by Crippen LogP contribution is -2.38. The SMILES string of the molecule is CC1CCCCN(C(=O)Nc2ccc(F)cn2)c2nc(-c3cncc(F)c3)ccc21. The van der Waals surface area contributed by atoms with Gasteiger partial charge in [0, 0.05) is 18.3 Å². The second-order valence-corrected chi connectivity index (χ2v) is 7.34. The number of fused-ring (bicyclic) bond motifs is 1. The molecule has 1 aliphatic rings. The third-order valence-corrected chi connectivity index (χ3v) is 5.17. The fourth-order valence-electron chi connectivity index (χ4n) is 3.58. The smallest absolute Gasteiger partial charge is 0.292 e. The average molecular weight is 409 g/mol. The second-order valence-electron chi connectivity index (χ2n) is 7.34. The third kappa shape index (κ3) is 4.27. The van der Waals surface area contributed by atoms with Crippen LogP contribution in [0.15, 0.2) is 48.9 Å². The first-order valence-electron chi connectivity index (χ1n) is 9.83. The Morgan fingerprint density at radius 1 is 1.10 bits per heavy atom. The van der Waals surface area contributed by atoms with E-state index < -0.39 is 17.7 Å². The van der Waals surface area contributed by atoms with Crippen molar-refractivity contribution in [1.29, 1.82) is 0 Å². The average Bonchev–Trinajstić information content (AvgIpc) is 2.73. The molecule has 0 spiro atoms. The van der Waals surface area contributed by atoms with Gasteiger partial charge in [0.25, 0.3) is 0 Å². The molecule has 1 unspecified atom stereocenters. The van der Waals surface area contributed by atoms with Gasteiger partial charge in [0.1, 0.15) is 23.3 Å². The molecular formula is C22H21F2N5O. The Morgan fingerprint density at radius 2 is 1.97 bits per heavy atom. The van der Waals surface area contributed by atoms with Crippen LogP contribution < -0.4 is 10.2 Å². The van der Waals surface area contributed by atoms with Crippen LogP contribution in [0.2, 0.25) is 0 Å². The Kier molecular flexibility index (Phi) is 5.65. The van der Waals surface area contributed by atoms with Crippen LogP contribution in [0.5, 0.6) is 0 Å². The van der Waals surface area contributed by atoms with E-state index in [1.807, 2.05) is 12.1 Å². The van der Waals surface area contributed by atoms with Gasteiger partial charge in [-0.25, -0.2) is 23.5 Å². The Bertz CT molecular complexity index is 1060. The quantitative estimate of drug-likeness (QED) is 0.636. The molecule has 0 saturated heterocycles. The first-order valence-corrected chi connectivity index (χ1v) is 9.83. The van der Waals surface area contributed by atoms with Gasteiger partial charge in [0.15, 0.2) is 0 Å². The number of anilines is 2. The van der Waals surface area contributed by atoms with E-state index >= 15 is 0 Å². The van der Waals surface area contributed by atoms with Crippen LogP contribution in [0.3, 0.4) is 0 Å². The highest BCUT2D eigenvalue weighted by molar-refractivity contribution is 6.01. The number of rotatable bonds is 2. The van der Waals surface area contributed by atoms with Gasteiger partial charge in [-0.2, -0.15) is 0 Å². The Balaban J connectivity index is 1.72. The summed E-state index contributed by atoms with van der Waals surface area (Å²) in [6.07, 6.45) is 6.51. The highest BCUT2D eigenvalue weighted by Crippen LogP contribution is 2.34. The maximum atomic E-state index is 13.6. The third-order valence-electron chi connectivity index (χ3n) is 5.17. The van der Waals surface area contributed by atoms with Crippen LogP contribution in [-0.4, -0.2) is 27.5 Å². The first-order chi connectivity index (χ1) is 14.5. The van der Waals surface area contributed by atoms with E-state index in [4.69, 9.17) is 4.98 Å². The van der Waals surface area contributed by atoms with E-state index in [0.717, 1.165) is 37.2 Å². The second kappa shape index (κ2) is 8.52. The molecule has 4 heterocycles. The van der Waals surface area contributed by atoms with Crippen molar-refractivity contribution in [1.82, 2.24) is 15.0 Å². The van der Waals surface area contributed by atoms with Gasteiger partial charge in [0.05, 0.1) is 18.1 Å². The van der Waals surface area contributed by atoms with E-state index in [1.165, 1.54) is 24.4 Å². The van der Waals surface area contributed by atoms with Crippen molar-refractivity contribution in [2.24, 2.45) is 0 Å². The molecule has 0 saturated carbocycles. The number of halogens is 2. The van der Waals surface area contributed by atoms with Gasteiger partial charge in [0.2, 0.25) is 0 Å². The van der Waals surface area contributed by atoms with E-state index in [1.54, 1.807) is 4.90 Å². The first kappa shape index (κ1) is 19.9. The number of nitrogens with one attached hydrogen (secondary N) is 1. The Morgan fingerprint density at radius 3 is 2.73 bits per heavy atom. The maximum Gasteiger partial charge on any atom is 0.328 e. The van der Waals surface area contributed by atoms with Crippen molar-refractivity contribution < 1.29 is 13.6 Å². The number of hydrogen-bond donors (Lipinski definition) is 1. The summed E-state index contributed by atoms with van der Waals surface area (Å²) in [5.74, 6) is 0.0682. The fraction of sp³-hybridized carbons (Fsp3) is 0.273. The van der Waals surface area contributed by atoms with Crippen LogP contribution >= 0.6 is 0 Å². The summed E-state index contributed by atoms with van der Waals surface area (Å²) in [4.78, 5) is 27.1. The molecule has 0 radical (unpaired) electrons. The predicted molar refractivity (Wildman–Crippen MR) is 110 cm³/mol. The number of urea groups is 1. The van der Waals surface area contributed by atoms with Gasteiger partial charge in [-0.1, -0.05) is 19.4 Å². The molecule has 3 aromatic rings. The standard InChI is InChI=1S/C22H21F2N5O/c1-14-4-2-3-9-29(22(30)28-20-8-5-16(23)13-26-20)21-18(14)6-7-19(27-21)15-10-17(24)12-25-11-15/h5-8,10-14H,2-4,9H2,1H3,(H,26,28,30). The van der Waals surface area contributed by atoms with Crippen LogP contribution in [0, 0.1) is 11.6 Å². The molecule has 4 rings (SSSR count). The number of hydrogen-bond acceptors (Lipinski definition) is 4. The summed E-state index contributed by atoms with van der Waals surface area (Å²) in [5.41, 5.74) is 2.02. The summed E-state index contributed by atoms with van der Waals surface area (Å²) < 4.78 is 26.8. The minimum Gasteiger partial charge on any atom is -0.292 e. The lowest BCUT2D eigenvalue weighted by molar-refractivity contribution is 0.256. The van der Waals surface area contributed by atoms with Crippen molar-refractivity contribution in [3.63, 3.8) is 0 Å². The number of amides is 2. The highest BCUT2D eigenvalue weighted by Gasteiger charge is 2.25. The largest absolute Gasteiger partial charge is 0.328 e. The van der Waals surface area contributed by atoms with Crippen LogP contribution in [0.1, 0.15) is 37.7 Å². The monoisotopic (exact) mass is 409 g/mol. The molecule has 2 amide bonds. The van der Waals surface area contributed by atoms with Gasteiger partial charge in [-0.05, 0) is 48.6 Å². The summed E-state index contributed by atoms with van der Waals surface area (Å²) in [6.45, 7) is 2.58. The zero-order valence-corrected chi connectivity index (χ0v) is 16.5. The van der Waals surface area contributed by atoms with Gasteiger partial charge >= 0.3 is 6.03 Å². The Labute approximate surface area is 173 Å². The van der Waals surface area contributed by atoms with Gasteiger partial charge in [-0.3, -0.25) is 15.2 Å². The van der Waals surface area contributed by atoms with Crippen molar-refractivity contribution in [2.75, 3.05) is 16.8 Å². The number of carbonyl (C=O) groups excluding carboxylic acids is 1. The minimum absolute atomic E-state index is 0.215. The van der Waals surface area contributed by atoms with Gasteiger partial charge in [-0.15, -0.1) is 0 Å². The topological polar surface area (TPSA) is 71.0 Å². The number of aromatic nitrogens is 3. The molecule has 0 bridgehead atoms. The lowest BCUT2D eigenvalue weighted by atomic mass is 9.93. The van der Waals surface area contributed by atoms with Gasteiger partial charge < -0.3 is 0 Å². The lowest BCUT2D eigenvalue weighted by Gasteiger charge is -2.29. The molecule has 0 fully saturated rings. The molecule has 1 N–H and O–H groups in total. The highest BCUT2D eigenvalue weighted by atomic mass is 19.1. The minimum atomic E-state index is -0.478. The molecule has 0 aliphatic carbocycles. The molecule has 0 aromatic carbocycles. The molecule has 6 nitrogen and oxygen atoms in total. The zero-order valence-electron chi connectivity index (χ0n) is 16.5. The molecule has 3 aromatic heterocycles. The van der Waals surface area contributed by atoms with Crippen LogP contribution in [-0.2, 0) is 0 Å². The maximum absolute atomic E-state index is 13.6. The van der Waals surface area contributed by atoms with Crippen molar-refractivity contribution in [3.05, 3.63) is 66.1 Å². The summed E-state index contributed by atoms with van der Waals surface area (Å²) in [7, 11) is 0. The van der Waals surface area contributed by atoms with E-state index in [2.05, 4.69) is 22.2 Å². The molecule has 1 atom stereocenters. The number of carbonyl (C=O) groups is 1. The van der Waals surface area contributed by atoms with Crippen molar-refractivity contribution in [3.8, 4) is 11.3 Å². The summed E-state index contributed by atoms with van der Waals surface area (Å²) in [5, 5.41) is 2.71. The van der Waals surface area contributed by atoms with E-state index in [0.29, 0.717) is 23.6 Å². The normalized spacial score (nSPS) is 16.4. The van der Waals surface area contributed by atoms with E-state index in [-0.39, 0.29) is 11.7 Å². The molecular weight excluding hydrogens is 388 g/mol. The van der Waals surface area contributed by atoms with Crippen LogP contribution in [0.25, 0.3) is 11.3 Å². The predicted octanol–water partition coefficient (Wildman–Crippen LogP) is 5.14. The molecule has 154 valence electrons. The summed E-state index contributed by atoms with van der Waals surface area (Å²) >= 11 is 0. The van der Waals surface area contributed by atoms with Crippen LogP contribution in [0.4, 0.5) is 25.2 Å². The number of nitrogens with zero attached hydrogens (tertiary/aromatic N) is 4. The van der Waals surface area contributed by atoms with Crippen molar-refractivity contribution in [2.45, 2.75) is 32.1 Å². The summed E-state index contributed by atoms with van der Waals surface area (Å²) in [6, 6.07) is 7.37. The fourth-order valence-corrected chi connectivity index (χ4v) is 3.58. The Hall–Kier alpha value is -3.42. The zero-order chi connectivity index (χ0) is 21.1. The number of pyridine rings is 3. The molecule has 30 heavy (non-hydrogen) atoms. The van der Waals surface area contributed by atoms with Crippen molar-refractivity contribution >= 4 is 17.7 Å². The molecule has 1 aliphatic heterocycles. The van der Waals surface area contributed by atoms with E-state index in [9.17, 15) is 13.6 Å². The molecule has 8 heteroatoms.